The van der Waals surface area contributed by atoms with Crippen LogP contribution in [0.5, 0.6) is 0 Å². The Hall–Kier alpha value is -0.890. The Bertz CT molecular complexity index is 542. The van der Waals surface area contributed by atoms with Crippen molar-refractivity contribution in [2.45, 2.75) is 57.4 Å². The molecule has 0 aromatic heterocycles. The van der Waals surface area contributed by atoms with Gasteiger partial charge in [0.05, 0.1) is 0 Å². The summed E-state index contributed by atoms with van der Waals surface area (Å²) in [5, 5.41) is 3.49. The van der Waals surface area contributed by atoms with Gasteiger partial charge in [-0.15, -0.1) is 0 Å². The first-order valence-electron chi connectivity index (χ1n) is 7.58. The van der Waals surface area contributed by atoms with E-state index in [-0.39, 0.29) is 16.6 Å². The highest BCUT2D eigenvalue weighted by atomic mass is 19.1. The lowest BCUT2D eigenvalue weighted by Crippen LogP contribution is -2.38. The number of rotatable bonds is 0. The number of fused-ring (bicyclic) bond motifs is 1. The first kappa shape index (κ1) is 11.9. The van der Waals surface area contributed by atoms with Gasteiger partial charge in [-0.2, -0.15) is 0 Å². The molecule has 102 valence electrons. The maximum absolute atomic E-state index is 14.6. The molecule has 1 saturated carbocycles. The first-order chi connectivity index (χ1) is 9.05. The van der Waals surface area contributed by atoms with Crippen molar-refractivity contribution < 1.29 is 4.39 Å². The van der Waals surface area contributed by atoms with E-state index >= 15 is 0 Å². The number of hydrogen-bond donors (Lipinski definition) is 1. The molecule has 1 heterocycles. The predicted molar refractivity (Wildman–Crippen MR) is 74.8 cm³/mol. The highest BCUT2D eigenvalue weighted by Gasteiger charge is 2.60. The van der Waals surface area contributed by atoms with E-state index in [0.717, 1.165) is 25.1 Å². The van der Waals surface area contributed by atoms with Gasteiger partial charge in [0.1, 0.15) is 5.82 Å². The summed E-state index contributed by atoms with van der Waals surface area (Å²) in [6.45, 7) is 6.68. The molecule has 3 aliphatic rings. The van der Waals surface area contributed by atoms with Crippen molar-refractivity contribution in [2.24, 2.45) is 5.41 Å². The van der Waals surface area contributed by atoms with Crippen LogP contribution in [-0.4, -0.2) is 6.54 Å². The second-order valence-electron chi connectivity index (χ2n) is 7.33. The third kappa shape index (κ3) is 1.44. The van der Waals surface area contributed by atoms with Gasteiger partial charge >= 0.3 is 0 Å². The topological polar surface area (TPSA) is 12.0 Å². The van der Waals surface area contributed by atoms with E-state index in [1.54, 1.807) is 6.07 Å². The van der Waals surface area contributed by atoms with Gasteiger partial charge in [0.15, 0.2) is 0 Å². The first-order valence-corrected chi connectivity index (χ1v) is 7.58. The lowest BCUT2D eigenvalue weighted by atomic mass is 9.59. The summed E-state index contributed by atoms with van der Waals surface area (Å²) in [6.07, 6.45) is 4.72. The monoisotopic (exact) mass is 259 g/mol. The molecular weight excluding hydrogens is 237 g/mol. The van der Waals surface area contributed by atoms with Crippen LogP contribution in [0.4, 0.5) is 4.39 Å². The SMILES string of the molecule is CC1(C)CC2CCNCc3ccc(F)c(c32)C12CC2. The maximum Gasteiger partial charge on any atom is 0.127 e. The normalized spacial score (nSPS) is 29.7. The number of hydrogen-bond acceptors (Lipinski definition) is 1. The van der Waals surface area contributed by atoms with Gasteiger partial charge in [0, 0.05) is 12.0 Å². The second-order valence-corrected chi connectivity index (χ2v) is 7.33. The van der Waals surface area contributed by atoms with Gasteiger partial charge in [0.2, 0.25) is 0 Å². The van der Waals surface area contributed by atoms with Gasteiger partial charge in [-0.1, -0.05) is 19.9 Å². The molecule has 1 fully saturated rings. The molecular formula is C17H22FN. The van der Waals surface area contributed by atoms with Crippen LogP contribution in [0, 0.1) is 11.2 Å². The zero-order valence-corrected chi connectivity index (χ0v) is 11.9. The second kappa shape index (κ2) is 3.60. The van der Waals surface area contributed by atoms with Crippen LogP contribution in [0.15, 0.2) is 12.1 Å². The summed E-state index contributed by atoms with van der Waals surface area (Å²) in [6, 6.07) is 3.72. The smallest absolute Gasteiger partial charge is 0.127 e. The molecule has 4 rings (SSSR count). The van der Waals surface area contributed by atoms with Crippen molar-refractivity contribution in [3.8, 4) is 0 Å². The molecule has 0 bridgehead atoms. The fraction of sp³-hybridized carbons (Fsp3) is 0.647. The van der Waals surface area contributed by atoms with E-state index in [2.05, 4.69) is 19.2 Å². The van der Waals surface area contributed by atoms with Crippen LogP contribution < -0.4 is 5.32 Å². The summed E-state index contributed by atoms with van der Waals surface area (Å²) < 4.78 is 14.6. The highest BCUT2D eigenvalue weighted by Crippen LogP contribution is 2.67. The van der Waals surface area contributed by atoms with E-state index in [9.17, 15) is 4.39 Å². The van der Waals surface area contributed by atoms with Crippen molar-refractivity contribution >= 4 is 0 Å². The fourth-order valence-corrected chi connectivity index (χ4v) is 4.79. The third-order valence-corrected chi connectivity index (χ3v) is 5.96. The summed E-state index contributed by atoms with van der Waals surface area (Å²) in [7, 11) is 0. The van der Waals surface area contributed by atoms with Crippen LogP contribution in [0.1, 0.15) is 62.1 Å². The van der Waals surface area contributed by atoms with Crippen molar-refractivity contribution in [1.82, 2.24) is 5.32 Å². The Kier molecular flexibility index (Phi) is 2.26. The standard InChI is InChI=1S/C17H22FN/c1-16(2)9-11-5-8-19-10-12-3-4-13(18)15(14(11)12)17(16)6-7-17/h3-4,11,19H,5-10H2,1-2H3. The zero-order valence-electron chi connectivity index (χ0n) is 11.9. The fourth-order valence-electron chi connectivity index (χ4n) is 4.79. The molecule has 1 aliphatic heterocycles. The third-order valence-electron chi connectivity index (χ3n) is 5.96. The quantitative estimate of drug-likeness (QED) is 0.746. The van der Waals surface area contributed by atoms with E-state index in [1.165, 1.54) is 30.4 Å². The molecule has 1 aromatic rings. The Morgan fingerprint density at radius 2 is 2.05 bits per heavy atom. The van der Waals surface area contributed by atoms with Gasteiger partial charge < -0.3 is 5.32 Å². The minimum atomic E-state index is 0.0518. The van der Waals surface area contributed by atoms with Crippen LogP contribution in [0.3, 0.4) is 0 Å². The Labute approximate surface area is 114 Å². The van der Waals surface area contributed by atoms with E-state index < -0.39 is 0 Å². The minimum Gasteiger partial charge on any atom is -0.313 e. The zero-order chi connectivity index (χ0) is 13.3. The molecule has 1 spiro atoms. The molecule has 2 heteroatoms. The molecule has 1 nitrogen and oxygen atoms in total. The van der Waals surface area contributed by atoms with Gasteiger partial charge in [-0.3, -0.25) is 0 Å². The van der Waals surface area contributed by atoms with Crippen LogP contribution in [-0.2, 0) is 12.0 Å². The highest BCUT2D eigenvalue weighted by molar-refractivity contribution is 5.51. The molecule has 1 N–H and O–H groups in total. The van der Waals surface area contributed by atoms with Crippen molar-refractivity contribution in [1.29, 1.82) is 0 Å². The molecule has 0 saturated heterocycles. The Morgan fingerprint density at radius 3 is 2.79 bits per heavy atom. The number of nitrogens with one attached hydrogen (secondary N) is 1. The molecule has 1 aromatic carbocycles. The van der Waals surface area contributed by atoms with Crippen LogP contribution >= 0.6 is 0 Å². The molecule has 0 radical (unpaired) electrons. The number of benzene rings is 1. The lowest BCUT2D eigenvalue weighted by Gasteiger charge is -2.45. The Balaban J connectivity index is 2.00. The molecule has 0 amide bonds. The summed E-state index contributed by atoms with van der Waals surface area (Å²) in [5.41, 5.74) is 4.20. The average Bonchev–Trinajstić information content (AvgIpc) is 3.14. The van der Waals surface area contributed by atoms with Gasteiger partial charge in [-0.25, -0.2) is 4.39 Å². The van der Waals surface area contributed by atoms with E-state index in [1.807, 2.05) is 6.07 Å². The van der Waals surface area contributed by atoms with Gasteiger partial charge in [-0.05, 0) is 66.3 Å². The van der Waals surface area contributed by atoms with Gasteiger partial charge in [0.25, 0.3) is 0 Å². The average molecular weight is 259 g/mol. The molecule has 2 aliphatic carbocycles. The van der Waals surface area contributed by atoms with Crippen molar-refractivity contribution in [3.63, 3.8) is 0 Å². The van der Waals surface area contributed by atoms with Crippen molar-refractivity contribution in [3.05, 3.63) is 34.6 Å². The van der Waals surface area contributed by atoms with Crippen molar-refractivity contribution in [2.75, 3.05) is 6.54 Å². The van der Waals surface area contributed by atoms with Crippen LogP contribution in [0.2, 0.25) is 0 Å². The summed E-state index contributed by atoms with van der Waals surface area (Å²) in [5.74, 6) is 0.604. The largest absolute Gasteiger partial charge is 0.313 e. The van der Waals surface area contributed by atoms with E-state index in [4.69, 9.17) is 0 Å². The molecule has 1 unspecified atom stereocenters. The summed E-state index contributed by atoms with van der Waals surface area (Å²) in [4.78, 5) is 0. The number of halogens is 1. The maximum atomic E-state index is 14.6. The Morgan fingerprint density at radius 1 is 1.26 bits per heavy atom. The summed E-state index contributed by atoms with van der Waals surface area (Å²) >= 11 is 0. The van der Waals surface area contributed by atoms with Crippen LogP contribution in [0.25, 0.3) is 0 Å². The van der Waals surface area contributed by atoms with E-state index in [0.29, 0.717) is 5.92 Å². The predicted octanol–water partition coefficient (Wildman–Crippen LogP) is 3.86. The lowest BCUT2D eigenvalue weighted by molar-refractivity contribution is 0.192. The molecule has 19 heavy (non-hydrogen) atoms. The minimum absolute atomic E-state index is 0.0518. The molecule has 1 atom stereocenters.